The summed E-state index contributed by atoms with van der Waals surface area (Å²) in [6, 6.07) is 7.71. The molecule has 1 N–H and O–H groups in total. The Morgan fingerprint density at radius 2 is 1.93 bits per heavy atom. The molecule has 2 aromatic rings. The maximum Gasteiger partial charge on any atom is 0.407 e. The average Bonchev–Trinajstić information content (AvgIpc) is 3.04. The highest BCUT2D eigenvalue weighted by Gasteiger charge is 2.15. The highest BCUT2D eigenvalue weighted by atomic mass is 35.5. The van der Waals surface area contributed by atoms with Crippen LogP contribution in [0.2, 0.25) is 5.02 Å². The molecule has 0 saturated heterocycles. The summed E-state index contributed by atoms with van der Waals surface area (Å²) < 4.78 is 10.8. The van der Waals surface area contributed by atoms with E-state index in [2.05, 4.69) is 15.5 Å². The van der Waals surface area contributed by atoms with Crippen LogP contribution in [0.1, 0.15) is 51.5 Å². The van der Waals surface area contributed by atoms with Gasteiger partial charge < -0.3 is 14.5 Å². The molecule has 0 spiro atoms. The van der Waals surface area contributed by atoms with Gasteiger partial charge in [0.15, 0.2) is 0 Å². The maximum atomic E-state index is 11.5. The predicted molar refractivity (Wildman–Crippen MR) is 107 cm³/mol. The number of amides is 1. The lowest BCUT2D eigenvalue weighted by Gasteiger charge is -2.19. The molecule has 27 heavy (non-hydrogen) atoms. The third-order valence-corrected chi connectivity index (χ3v) is 4.60. The van der Waals surface area contributed by atoms with Gasteiger partial charge in [-0.15, -0.1) is 10.2 Å². The Labute approximate surface area is 169 Å². The number of nitrogens with one attached hydrogen (secondary N) is 1. The van der Waals surface area contributed by atoms with Crippen LogP contribution in [0.4, 0.5) is 4.79 Å². The van der Waals surface area contributed by atoms with Crippen molar-refractivity contribution < 1.29 is 13.9 Å². The zero-order valence-electron chi connectivity index (χ0n) is 16.0. The number of alkyl carbamates (subject to hydrolysis) is 1. The van der Waals surface area contributed by atoms with Crippen LogP contribution in [-0.2, 0) is 16.9 Å². The molecule has 0 radical (unpaired) electrons. The number of unbranched alkanes of at least 4 members (excludes halogenated alkanes) is 2. The molecule has 1 amide bonds. The Hall–Kier alpha value is -1.73. The van der Waals surface area contributed by atoms with Crippen molar-refractivity contribution >= 4 is 29.5 Å². The van der Waals surface area contributed by atoms with E-state index in [1.807, 2.05) is 45.0 Å². The van der Waals surface area contributed by atoms with Gasteiger partial charge in [0.05, 0.1) is 0 Å². The van der Waals surface area contributed by atoms with Gasteiger partial charge in [-0.3, -0.25) is 0 Å². The number of carbonyl (C=O) groups excluding carboxylic acids is 1. The number of rotatable bonds is 9. The van der Waals surface area contributed by atoms with E-state index in [0.717, 1.165) is 42.0 Å². The molecule has 1 heterocycles. The van der Waals surface area contributed by atoms with Gasteiger partial charge in [0.2, 0.25) is 5.89 Å². The van der Waals surface area contributed by atoms with Gasteiger partial charge in [-0.2, -0.15) is 0 Å². The van der Waals surface area contributed by atoms with Crippen LogP contribution in [0.3, 0.4) is 0 Å². The van der Waals surface area contributed by atoms with Crippen molar-refractivity contribution in [3.63, 3.8) is 0 Å². The minimum atomic E-state index is -0.467. The summed E-state index contributed by atoms with van der Waals surface area (Å²) in [4.78, 5) is 11.5. The first kappa shape index (κ1) is 21.6. The second-order valence-electron chi connectivity index (χ2n) is 7.12. The number of aryl methyl sites for hydroxylation is 1. The quantitative estimate of drug-likeness (QED) is 0.448. The molecule has 0 unspecified atom stereocenters. The van der Waals surface area contributed by atoms with E-state index < -0.39 is 5.60 Å². The molecule has 8 heteroatoms. The van der Waals surface area contributed by atoms with E-state index in [9.17, 15) is 4.79 Å². The molecular formula is C19H26ClN3O3S. The standard InChI is InChI=1S/C19H26ClN3O3S/c1-19(2,3)26-17(24)21-12-6-4-5-7-16-22-23-18(25-16)27-13-14-8-10-15(20)11-9-14/h8-11H,4-7,12-13H2,1-3H3,(H,21,24). The molecule has 0 fully saturated rings. The van der Waals surface area contributed by atoms with Crippen molar-refractivity contribution in [3.05, 3.63) is 40.7 Å². The smallest absolute Gasteiger partial charge is 0.407 e. The third-order valence-electron chi connectivity index (χ3n) is 3.46. The van der Waals surface area contributed by atoms with E-state index >= 15 is 0 Å². The minimum Gasteiger partial charge on any atom is -0.444 e. The number of hydrogen-bond acceptors (Lipinski definition) is 6. The predicted octanol–water partition coefficient (Wildman–Crippen LogP) is 5.25. The molecule has 148 valence electrons. The van der Waals surface area contributed by atoms with Crippen molar-refractivity contribution in [2.75, 3.05) is 6.54 Å². The van der Waals surface area contributed by atoms with Crippen LogP contribution in [0.5, 0.6) is 0 Å². The van der Waals surface area contributed by atoms with Crippen molar-refractivity contribution in [3.8, 4) is 0 Å². The van der Waals surface area contributed by atoms with Crippen LogP contribution >= 0.6 is 23.4 Å². The minimum absolute atomic E-state index is 0.373. The number of ether oxygens (including phenoxy) is 1. The van der Waals surface area contributed by atoms with Gasteiger partial charge in [0, 0.05) is 23.7 Å². The van der Waals surface area contributed by atoms with Crippen LogP contribution in [0, 0.1) is 0 Å². The zero-order valence-corrected chi connectivity index (χ0v) is 17.5. The molecule has 0 atom stereocenters. The highest BCUT2D eigenvalue weighted by Crippen LogP contribution is 2.22. The van der Waals surface area contributed by atoms with Crippen LogP contribution in [0.25, 0.3) is 0 Å². The number of carbonyl (C=O) groups is 1. The first-order chi connectivity index (χ1) is 12.8. The number of hydrogen-bond donors (Lipinski definition) is 1. The first-order valence-electron chi connectivity index (χ1n) is 8.98. The zero-order chi connectivity index (χ0) is 19.7. The Morgan fingerprint density at radius 3 is 2.63 bits per heavy atom. The summed E-state index contributed by atoms with van der Waals surface area (Å²) in [5.74, 6) is 1.41. The first-order valence-corrected chi connectivity index (χ1v) is 10.3. The van der Waals surface area contributed by atoms with Crippen LogP contribution < -0.4 is 5.32 Å². The largest absolute Gasteiger partial charge is 0.444 e. The molecule has 0 aliphatic heterocycles. The number of aromatic nitrogens is 2. The summed E-state index contributed by atoms with van der Waals surface area (Å²) in [7, 11) is 0. The Kier molecular flexibility index (Phi) is 8.44. The monoisotopic (exact) mass is 411 g/mol. The van der Waals surface area contributed by atoms with E-state index in [1.165, 1.54) is 11.8 Å². The van der Waals surface area contributed by atoms with Gasteiger partial charge in [-0.25, -0.2) is 4.79 Å². The van der Waals surface area contributed by atoms with E-state index in [0.29, 0.717) is 17.7 Å². The second-order valence-corrected chi connectivity index (χ2v) is 8.48. The third kappa shape index (κ3) is 9.15. The molecule has 0 aliphatic carbocycles. The molecule has 6 nitrogen and oxygen atoms in total. The Morgan fingerprint density at radius 1 is 1.19 bits per heavy atom. The summed E-state index contributed by atoms with van der Waals surface area (Å²) in [6.07, 6.45) is 3.14. The molecule has 0 saturated carbocycles. The average molecular weight is 412 g/mol. The fourth-order valence-electron chi connectivity index (χ4n) is 2.21. The molecule has 2 rings (SSSR count). The van der Waals surface area contributed by atoms with Crippen LogP contribution in [0.15, 0.2) is 33.9 Å². The molecule has 0 bridgehead atoms. The molecule has 1 aromatic carbocycles. The lowest BCUT2D eigenvalue weighted by atomic mass is 10.2. The summed E-state index contributed by atoms with van der Waals surface area (Å²) in [6.45, 7) is 6.14. The number of nitrogens with zero attached hydrogens (tertiary/aromatic N) is 2. The maximum absolute atomic E-state index is 11.5. The number of benzene rings is 1. The molecule has 0 aliphatic rings. The number of halogens is 1. The lowest BCUT2D eigenvalue weighted by Crippen LogP contribution is -2.32. The van der Waals surface area contributed by atoms with Crippen molar-refractivity contribution in [1.29, 1.82) is 0 Å². The fraction of sp³-hybridized carbons (Fsp3) is 0.526. The van der Waals surface area contributed by atoms with Crippen molar-refractivity contribution in [2.24, 2.45) is 0 Å². The SMILES string of the molecule is CC(C)(C)OC(=O)NCCCCCc1nnc(SCc2ccc(Cl)cc2)o1. The van der Waals surface area contributed by atoms with Crippen LogP contribution in [-0.4, -0.2) is 28.4 Å². The normalized spacial score (nSPS) is 11.4. The molecular weight excluding hydrogens is 386 g/mol. The lowest BCUT2D eigenvalue weighted by molar-refractivity contribution is 0.0527. The van der Waals surface area contributed by atoms with Crippen molar-refractivity contribution in [2.45, 2.75) is 63.0 Å². The number of thioether (sulfide) groups is 1. The van der Waals surface area contributed by atoms with Gasteiger partial charge in [-0.1, -0.05) is 41.9 Å². The summed E-state index contributed by atoms with van der Waals surface area (Å²) in [5.41, 5.74) is 0.687. The van der Waals surface area contributed by atoms with Gasteiger partial charge >= 0.3 is 6.09 Å². The van der Waals surface area contributed by atoms with Gasteiger partial charge in [0.1, 0.15) is 5.60 Å². The summed E-state index contributed by atoms with van der Waals surface area (Å²) in [5, 5.41) is 12.2. The topological polar surface area (TPSA) is 77.2 Å². The summed E-state index contributed by atoms with van der Waals surface area (Å²) >= 11 is 7.39. The Balaban J connectivity index is 1.58. The van der Waals surface area contributed by atoms with E-state index in [4.69, 9.17) is 20.8 Å². The molecule has 1 aromatic heterocycles. The van der Waals surface area contributed by atoms with Gasteiger partial charge in [0.25, 0.3) is 5.22 Å². The van der Waals surface area contributed by atoms with E-state index in [1.54, 1.807) is 0 Å². The van der Waals surface area contributed by atoms with E-state index in [-0.39, 0.29) is 6.09 Å². The fourth-order valence-corrected chi connectivity index (χ4v) is 3.07. The second kappa shape index (κ2) is 10.6. The van der Waals surface area contributed by atoms with Gasteiger partial charge in [-0.05, 0) is 51.3 Å². The Bertz CT molecular complexity index is 714. The highest BCUT2D eigenvalue weighted by molar-refractivity contribution is 7.98. The van der Waals surface area contributed by atoms with Crippen molar-refractivity contribution in [1.82, 2.24) is 15.5 Å².